The Morgan fingerprint density at radius 3 is 2.70 bits per heavy atom. The molecule has 1 amide bonds. The van der Waals surface area contributed by atoms with Crippen molar-refractivity contribution in [1.29, 1.82) is 0 Å². The van der Waals surface area contributed by atoms with Crippen molar-refractivity contribution < 1.29 is 9.53 Å². The van der Waals surface area contributed by atoms with Crippen LogP contribution in [0, 0.1) is 0 Å². The van der Waals surface area contributed by atoms with Crippen LogP contribution in [0.4, 0.5) is 5.69 Å². The van der Waals surface area contributed by atoms with E-state index in [9.17, 15) is 4.79 Å². The zero-order valence-corrected chi connectivity index (χ0v) is 11.8. The van der Waals surface area contributed by atoms with Crippen molar-refractivity contribution in [3.8, 4) is 5.75 Å². The van der Waals surface area contributed by atoms with Crippen LogP contribution in [-0.4, -0.2) is 13.0 Å². The molecule has 0 unspecified atom stereocenters. The molecule has 2 rings (SSSR count). The molecule has 104 valence electrons. The third kappa shape index (κ3) is 3.03. The minimum atomic E-state index is -0.245. The molecule has 2 aromatic carbocycles. The van der Waals surface area contributed by atoms with Gasteiger partial charge >= 0.3 is 0 Å². The monoisotopic (exact) mass is 290 g/mol. The number of carbonyl (C=O) groups excluding carboxylic acids is 1. The fourth-order valence-corrected chi connectivity index (χ4v) is 2.10. The zero-order valence-electron chi connectivity index (χ0n) is 11.0. The van der Waals surface area contributed by atoms with Crippen molar-refractivity contribution >= 4 is 23.2 Å². The first-order valence-electron chi connectivity index (χ1n) is 6.07. The second-order valence-electron chi connectivity index (χ2n) is 4.19. The molecule has 0 fully saturated rings. The van der Waals surface area contributed by atoms with Gasteiger partial charge in [0, 0.05) is 22.8 Å². The van der Waals surface area contributed by atoms with Crippen LogP contribution in [0.5, 0.6) is 5.75 Å². The van der Waals surface area contributed by atoms with E-state index in [0.29, 0.717) is 22.0 Å². The fourth-order valence-electron chi connectivity index (χ4n) is 1.87. The summed E-state index contributed by atoms with van der Waals surface area (Å²) < 4.78 is 5.23. The van der Waals surface area contributed by atoms with Crippen molar-refractivity contribution in [2.45, 2.75) is 6.54 Å². The first kappa shape index (κ1) is 14.2. The van der Waals surface area contributed by atoms with E-state index in [1.165, 1.54) is 0 Å². The second-order valence-corrected chi connectivity index (χ2v) is 4.60. The average Bonchev–Trinajstić information content (AvgIpc) is 2.46. The molecule has 0 aromatic heterocycles. The van der Waals surface area contributed by atoms with Crippen LogP contribution in [-0.2, 0) is 6.54 Å². The molecular weight excluding hydrogens is 276 g/mol. The molecule has 0 aliphatic carbocycles. The Hall–Kier alpha value is -2.20. The van der Waals surface area contributed by atoms with Gasteiger partial charge < -0.3 is 15.8 Å². The normalized spacial score (nSPS) is 10.1. The number of amides is 1. The Balaban J connectivity index is 2.14. The van der Waals surface area contributed by atoms with Crippen LogP contribution in [0.1, 0.15) is 15.9 Å². The van der Waals surface area contributed by atoms with Crippen LogP contribution in [0.15, 0.2) is 42.5 Å². The predicted octanol–water partition coefficient (Wildman–Crippen LogP) is 2.86. The van der Waals surface area contributed by atoms with Crippen LogP contribution >= 0.6 is 11.6 Å². The van der Waals surface area contributed by atoms with Gasteiger partial charge in [-0.3, -0.25) is 4.79 Å². The van der Waals surface area contributed by atoms with Crippen molar-refractivity contribution in [1.82, 2.24) is 5.32 Å². The second kappa shape index (κ2) is 6.30. The van der Waals surface area contributed by atoms with E-state index < -0.39 is 0 Å². The largest absolute Gasteiger partial charge is 0.496 e. The van der Waals surface area contributed by atoms with Gasteiger partial charge in [-0.05, 0) is 24.3 Å². The van der Waals surface area contributed by atoms with Gasteiger partial charge in [0.1, 0.15) is 5.75 Å². The third-order valence-electron chi connectivity index (χ3n) is 2.93. The molecule has 0 aliphatic rings. The lowest BCUT2D eigenvalue weighted by atomic mass is 10.1. The van der Waals surface area contributed by atoms with E-state index in [1.807, 2.05) is 0 Å². The topological polar surface area (TPSA) is 64.3 Å². The van der Waals surface area contributed by atoms with E-state index in [2.05, 4.69) is 5.32 Å². The lowest BCUT2D eigenvalue weighted by Gasteiger charge is -2.12. The fraction of sp³-hybridized carbons (Fsp3) is 0.133. The Labute approximate surface area is 122 Å². The van der Waals surface area contributed by atoms with Crippen LogP contribution in [0.3, 0.4) is 0 Å². The summed E-state index contributed by atoms with van der Waals surface area (Å²) in [7, 11) is 1.56. The molecule has 0 saturated carbocycles. The molecule has 20 heavy (non-hydrogen) atoms. The summed E-state index contributed by atoms with van der Waals surface area (Å²) in [6, 6.07) is 12.2. The minimum absolute atomic E-state index is 0.245. The summed E-state index contributed by atoms with van der Waals surface area (Å²) in [5.74, 6) is 0.393. The lowest BCUT2D eigenvalue weighted by molar-refractivity contribution is 0.0951. The number of benzene rings is 2. The summed E-state index contributed by atoms with van der Waals surface area (Å²) in [5.41, 5.74) is 7.38. The minimum Gasteiger partial charge on any atom is -0.496 e. The van der Waals surface area contributed by atoms with E-state index in [1.54, 1.807) is 49.6 Å². The smallest absolute Gasteiger partial charge is 0.253 e. The Morgan fingerprint density at radius 2 is 2.00 bits per heavy atom. The molecule has 0 heterocycles. The number of nitrogen functional groups attached to an aromatic ring is 1. The van der Waals surface area contributed by atoms with Crippen molar-refractivity contribution in [3.63, 3.8) is 0 Å². The number of anilines is 1. The Bertz CT molecular complexity index is 629. The van der Waals surface area contributed by atoms with E-state index in [0.717, 1.165) is 5.56 Å². The van der Waals surface area contributed by atoms with Crippen molar-refractivity contribution in [2.75, 3.05) is 12.8 Å². The number of nitrogens with two attached hydrogens (primary N) is 1. The van der Waals surface area contributed by atoms with Crippen molar-refractivity contribution in [3.05, 3.63) is 58.6 Å². The van der Waals surface area contributed by atoms with E-state index >= 15 is 0 Å². The first-order valence-corrected chi connectivity index (χ1v) is 6.45. The summed E-state index contributed by atoms with van der Waals surface area (Å²) in [5, 5.41) is 3.34. The number of methoxy groups -OCH3 is 1. The lowest BCUT2D eigenvalue weighted by Crippen LogP contribution is -2.24. The molecule has 4 nitrogen and oxygen atoms in total. The molecule has 0 aliphatic heterocycles. The highest BCUT2D eigenvalue weighted by Crippen LogP contribution is 2.26. The number of halogens is 1. The zero-order chi connectivity index (χ0) is 14.5. The maximum absolute atomic E-state index is 12.1. The maximum atomic E-state index is 12.1. The van der Waals surface area contributed by atoms with Gasteiger partial charge in [-0.25, -0.2) is 0 Å². The van der Waals surface area contributed by atoms with Crippen LogP contribution < -0.4 is 15.8 Å². The molecular formula is C15H15ClN2O2. The maximum Gasteiger partial charge on any atom is 0.253 e. The van der Waals surface area contributed by atoms with Gasteiger partial charge in [0.15, 0.2) is 0 Å². The number of carbonyl (C=O) groups is 1. The highest BCUT2D eigenvalue weighted by atomic mass is 35.5. The SMILES string of the molecule is COc1cccc(Cl)c1CNC(=O)c1ccccc1N. The van der Waals surface area contributed by atoms with E-state index in [-0.39, 0.29) is 12.5 Å². The van der Waals surface area contributed by atoms with Gasteiger partial charge in [0.25, 0.3) is 5.91 Å². The van der Waals surface area contributed by atoms with Gasteiger partial charge in [-0.1, -0.05) is 29.8 Å². The molecule has 5 heteroatoms. The average molecular weight is 291 g/mol. The predicted molar refractivity (Wildman–Crippen MR) is 80.0 cm³/mol. The third-order valence-corrected chi connectivity index (χ3v) is 3.28. The molecule has 2 aromatic rings. The summed E-state index contributed by atoms with van der Waals surface area (Å²) >= 11 is 6.11. The molecule has 0 radical (unpaired) electrons. The number of nitrogens with one attached hydrogen (secondary N) is 1. The highest BCUT2D eigenvalue weighted by molar-refractivity contribution is 6.31. The quantitative estimate of drug-likeness (QED) is 0.851. The van der Waals surface area contributed by atoms with Crippen molar-refractivity contribution in [2.24, 2.45) is 0 Å². The van der Waals surface area contributed by atoms with Gasteiger partial charge in [-0.15, -0.1) is 0 Å². The summed E-state index contributed by atoms with van der Waals surface area (Å²) in [6.07, 6.45) is 0. The summed E-state index contributed by atoms with van der Waals surface area (Å²) in [6.45, 7) is 0.274. The van der Waals surface area contributed by atoms with Crippen LogP contribution in [0.2, 0.25) is 5.02 Å². The van der Waals surface area contributed by atoms with Gasteiger partial charge in [-0.2, -0.15) is 0 Å². The molecule has 0 spiro atoms. The van der Waals surface area contributed by atoms with Crippen LogP contribution in [0.25, 0.3) is 0 Å². The number of para-hydroxylation sites is 1. The Morgan fingerprint density at radius 1 is 1.25 bits per heavy atom. The first-order chi connectivity index (χ1) is 9.63. The van der Waals surface area contributed by atoms with E-state index in [4.69, 9.17) is 22.1 Å². The molecule has 0 atom stereocenters. The van der Waals surface area contributed by atoms with Gasteiger partial charge in [0.2, 0.25) is 0 Å². The molecule has 3 N–H and O–H groups in total. The Kier molecular flexibility index (Phi) is 4.48. The summed E-state index contributed by atoms with van der Waals surface area (Å²) in [4.78, 5) is 12.1. The highest BCUT2D eigenvalue weighted by Gasteiger charge is 2.12. The number of hydrogen-bond donors (Lipinski definition) is 2. The number of ether oxygens (including phenoxy) is 1. The standard InChI is InChI=1S/C15H15ClN2O2/c1-20-14-8-4-6-12(16)11(14)9-18-15(19)10-5-2-3-7-13(10)17/h2-8H,9,17H2,1H3,(H,18,19). The van der Waals surface area contributed by atoms with Gasteiger partial charge in [0.05, 0.1) is 12.7 Å². The molecule has 0 bridgehead atoms. The number of rotatable bonds is 4. The molecule has 0 saturated heterocycles. The number of hydrogen-bond acceptors (Lipinski definition) is 3.